The summed E-state index contributed by atoms with van der Waals surface area (Å²) >= 11 is 0. The average Bonchev–Trinajstić information content (AvgIpc) is 2.41. The molecule has 1 heterocycles. The van der Waals surface area contributed by atoms with Gasteiger partial charge in [-0.05, 0) is 32.3 Å². The first kappa shape index (κ1) is 15.5. The third kappa shape index (κ3) is 2.94. The van der Waals surface area contributed by atoms with Crippen molar-refractivity contribution in [2.75, 3.05) is 0 Å². The van der Waals surface area contributed by atoms with E-state index in [1.54, 1.807) is 18.7 Å². The lowest BCUT2D eigenvalue weighted by atomic mass is 9.90. The number of aryl methyl sites for hydroxylation is 1. The van der Waals surface area contributed by atoms with Crippen LogP contribution in [0.1, 0.15) is 38.8 Å². The maximum atomic E-state index is 12.7. The molecule has 0 bridgehead atoms. The predicted octanol–water partition coefficient (Wildman–Crippen LogP) is 2.26. The number of rotatable bonds is 3. The Morgan fingerprint density at radius 2 is 1.76 bits per heavy atom. The highest BCUT2D eigenvalue weighted by Crippen LogP contribution is 2.26. The average molecular weight is 288 g/mol. The van der Waals surface area contributed by atoms with E-state index in [-0.39, 0.29) is 17.7 Å². The molecule has 21 heavy (non-hydrogen) atoms. The summed E-state index contributed by atoms with van der Waals surface area (Å²) in [4.78, 5) is 26.7. The first-order chi connectivity index (χ1) is 9.73. The van der Waals surface area contributed by atoms with Crippen LogP contribution in [-0.2, 0) is 16.1 Å². The third-order valence-electron chi connectivity index (χ3n) is 4.18. The van der Waals surface area contributed by atoms with E-state index in [1.807, 2.05) is 45.0 Å². The highest BCUT2D eigenvalue weighted by Gasteiger charge is 2.46. The van der Waals surface area contributed by atoms with Crippen LogP contribution < -0.4 is 5.32 Å². The van der Waals surface area contributed by atoms with Crippen LogP contribution in [0.3, 0.4) is 0 Å². The molecular weight excluding hydrogens is 264 g/mol. The fraction of sp³-hybridized carbons (Fsp3) is 0.529. The van der Waals surface area contributed by atoms with E-state index in [9.17, 15) is 9.59 Å². The second kappa shape index (κ2) is 5.51. The van der Waals surface area contributed by atoms with Crippen LogP contribution >= 0.6 is 0 Å². The van der Waals surface area contributed by atoms with Crippen LogP contribution in [0.4, 0.5) is 0 Å². The number of nitrogens with zero attached hydrogens (tertiary/aromatic N) is 1. The third-order valence-corrected chi connectivity index (χ3v) is 4.18. The maximum Gasteiger partial charge on any atom is 0.246 e. The number of carbonyl (C=O) groups excluding carboxylic acids is 2. The van der Waals surface area contributed by atoms with E-state index in [0.29, 0.717) is 6.54 Å². The minimum absolute atomic E-state index is 0.00447. The summed E-state index contributed by atoms with van der Waals surface area (Å²) in [6.45, 7) is 9.98. The summed E-state index contributed by atoms with van der Waals surface area (Å²) in [5.41, 5.74) is 1.40. The van der Waals surface area contributed by atoms with Crippen LogP contribution in [0.2, 0.25) is 0 Å². The molecule has 0 saturated carbocycles. The SMILES string of the molecule is Cc1ccc(CN2C(=O)C(C(C)C)NC(=O)C2(C)C)cc1. The minimum Gasteiger partial charge on any atom is -0.342 e. The Hall–Kier alpha value is -1.84. The molecule has 1 aliphatic rings. The first-order valence-electron chi connectivity index (χ1n) is 7.41. The van der Waals surface area contributed by atoms with Gasteiger partial charge in [0.15, 0.2) is 0 Å². The Morgan fingerprint density at radius 3 is 2.29 bits per heavy atom. The van der Waals surface area contributed by atoms with Crippen molar-refractivity contribution < 1.29 is 9.59 Å². The lowest BCUT2D eigenvalue weighted by Gasteiger charge is -2.45. The number of hydrogen-bond acceptors (Lipinski definition) is 2. The van der Waals surface area contributed by atoms with E-state index >= 15 is 0 Å². The van der Waals surface area contributed by atoms with Gasteiger partial charge in [-0.25, -0.2) is 0 Å². The van der Waals surface area contributed by atoms with Gasteiger partial charge in [-0.2, -0.15) is 0 Å². The molecule has 0 aromatic heterocycles. The summed E-state index contributed by atoms with van der Waals surface area (Å²) in [7, 11) is 0. The number of piperazine rings is 1. The summed E-state index contributed by atoms with van der Waals surface area (Å²) < 4.78 is 0. The molecule has 1 unspecified atom stereocenters. The predicted molar refractivity (Wildman–Crippen MR) is 82.6 cm³/mol. The molecule has 1 atom stereocenters. The number of nitrogens with one attached hydrogen (secondary N) is 1. The van der Waals surface area contributed by atoms with Crippen molar-refractivity contribution in [3.63, 3.8) is 0 Å². The molecule has 2 rings (SSSR count). The molecule has 1 N–H and O–H groups in total. The van der Waals surface area contributed by atoms with Crippen LogP contribution in [0.5, 0.6) is 0 Å². The number of carbonyl (C=O) groups is 2. The highest BCUT2D eigenvalue weighted by molar-refractivity contribution is 5.99. The van der Waals surface area contributed by atoms with Crippen LogP contribution in [0.15, 0.2) is 24.3 Å². The molecule has 4 nitrogen and oxygen atoms in total. The fourth-order valence-electron chi connectivity index (χ4n) is 2.55. The van der Waals surface area contributed by atoms with Gasteiger partial charge in [-0.15, -0.1) is 0 Å². The van der Waals surface area contributed by atoms with E-state index < -0.39 is 11.6 Å². The molecule has 4 heteroatoms. The second-order valence-electron chi connectivity index (χ2n) is 6.66. The number of benzene rings is 1. The van der Waals surface area contributed by atoms with E-state index in [4.69, 9.17) is 0 Å². The van der Waals surface area contributed by atoms with Crippen molar-refractivity contribution in [3.8, 4) is 0 Å². The van der Waals surface area contributed by atoms with Crippen molar-refractivity contribution in [1.29, 1.82) is 0 Å². The molecule has 1 aromatic rings. The van der Waals surface area contributed by atoms with Gasteiger partial charge < -0.3 is 10.2 Å². The van der Waals surface area contributed by atoms with Gasteiger partial charge in [0.1, 0.15) is 11.6 Å². The topological polar surface area (TPSA) is 49.4 Å². The zero-order valence-electron chi connectivity index (χ0n) is 13.4. The quantitative estimate of drug-likeness (QED) is 0.927. The molecule has 1 fully saturated rings. The van der Waals surface area contributed by atoms with Gasteiger partial charge in [0.25, 0.3) is 0 Å². The highest BCUT2D eigenvalue weighted by atomic mass is 16.2. The fourth-order valence-corrected chi connectivity index (χ4v) is 2.55. The Balaban J connectivity index is 2.30. The number of hydrogen-bond donors (Lipinski definition) is 1. The summed E-state index contributed by atoms with van der Waals surface area (Å²) in [5.74, 6) is -0.0128. The Labute approximate surface area is 126 Å². The molecule has 1 aliphatic heterocycles. The lowest BCUT2D eigenvalue weighted by molar-refractivity contribution is -0.157. The normalized spacial score (nSPS) is 21.6. The van der Waals surface area contributed by atoms with Crippen molar-refractivity contribution in [2.24, 2.45) is 5.92 Å². The van der Waals surface area contributed by atoms with Gasteiger partial charge in [0.2, 0.25) is 11.8 Å². The zero-order valence-corrected chi connectivity index (χ0v) is 13.4. The van der Waals surface area contributed by atoms with Crippen molar-refractivity contribution >= 4 is 11.8 Å². The molecule has 1 saturated heterocycles. The van der Waals surface area contributed by atoms with Crippen LogP contribution in [0.25, 0.3) is 0 Å². The van der Waals surface area contributed by atoms with Crippen molar-refractivity contribution in [3.05, 3.63) is 35.4 Å². The summed E-state index contributed by atoms with van der Waals surface area (Å²) in [6.07, 6.45) is 0. The smallest absolute Gasteiger partial charge is 0.246 e. The van der Waals surface area contributed by atoms with Gasteiger partial charge in [0, 0.05) is 6.54 Å². The molecule has 114 valence electrons. The minimum atomic E-state index is -0.826. The lowest BCUT2D eigenvalue weighted by Crippen LogP contribution is -2.69. The van der Waals surface area contributed by atoms with Gasteiger partial charge in [-0.1, -0.05) is 43.7 Å². The number of amides is 2. The largest absolute Gasteiger partial charge is 0.342 e. The molecule has 1 aromatic carbocycles. The standard InChI is InChI=1S/C17H24N2O2/c1-11(2)14-15(20)19(17(4,5)16(21)18-14)10-13-8-6-12(3)7-9-13/h6-9,11,14H,10H2,1-5H3,(H,18,21). The van der Waals surface area contributed by atoms with E-state index in [2.05, 4.69) is 5.32 Å². The van der Waals surface area contributed by atoms with E-state index in [0.717, 1.165) is 5.56 Å². The summed E-state index contributed by atoms with van der Waals surface area (Å²) in [6, 6.07) is 7.63. The maximum absolute atomic E-state index is 12.7. The van der Waals surface area contributed by atoms with Gasteiger partial charge in [-0.3, -0.25) is 9.59 Å². The zero-order chi connectivity index (χ0) is 15.8. The molecule has 0 aliphatic carbocycles. The molecule has 2 amide bonds. The van der Waals surface area contributed by atoms with Crippen LogP contribution in [-0.4, -0.2) is 28.3 Å². The summed E-state index contributed by atoms with van der Waals surface area (Å²) in [5, 5.41) is 2.85. The van der Waals surface area contributed by atoms with Crippen molar-refractivity contribution in [1.82, 2.24) is 10.2 Å². The Kier molecular flexibility index (Phi) is 4.08. The van der Waals surface area contributed by atoms with Gasteiger partial charge in [0.05, 0.1) is 0 Å². The van der Waals surface area contributed by atoms with Crippen LogP contribution in [0, 0.1) is 12.8 Å². The van der Waals surface area contributed by atoms with Crippen molar-refractivity contribution in [2.45, 2.75) is 52.7 Å². The molecule has 0 spiro atoms. The second-order valence-corrected chi connectivity index (χ2v) is 6.66. The molecule has 0 radical (unpaired) electrons. The van der Waals surface area contributed by atoms with E-state index in [1.165, 1.54) is 5.56 Å². The first-order valence-corrected chi connectivity index (χ1v) is 7.41. The monoisotopic (exact) mass is 288 g/mol. The van der Waals surface area contributed by atoms with Gasteiger partial charge >= 0.3 is 0 Å². The Bertz CT molecular complexity index is 546. The molecular formula is C17H24N2O2. The Morgan fingerprint density at radius 1 is 1.19 bits per heavy atom.